The quantitative estimate of drug-likeness (QED) is 0.546. The van der Waals surface area contributed by atoms with Crippen LogP contribution in [-0.4, -0.2) is 18.0 Å². The Labute approximate surface area is 119 Å². The van der Waals surface area contributed by atoms with Crippen molar-refractivity contribution in [3.63, 3.8) is 0 Å². The van der Waals surface area contributed by atoms with Gasteiger partial charge in [0.2, 0.25) is 0 Å². The van der Waals surface area contributed by atoms with Gasteiger partial charge in [0.15, 0.2) is 0 Å². The summed E-state index contributed by atoms with van der Waals surface area (Å²) in [6, 6.07) is 0. The van der Waals surface area contributed by atoms with Crippen molar-refractivity contribution in [2.75, 3.05) is 0 Å². The lowest BCUT2D eigenvalue weighted by Crippen LogP contribution is -2.63. The van der Waals surface area contributed by atoms with E-state index in [1.807, 2.05) is 0 Å². The number of fused-ring (bicyclic) bond motifs is 1. The van der Waals surface area contributed by atoms with Gasteiger partial charge in [0, 0.05) is 5.92 Å². The highest BCUT2D eigenvalue weighted by atomic mass is 19.4. The maximum Gasteiger partial charge on any atom is 0.431 e. The van der Waals surface area contributed by atoms with E-state index in [1.54, 1.807) is 0 Å². The van der Waals surface area contributed by atoms with Gasteiger partial charge >= 0.3 is 18.0 Å². The van der Waals surface area contributed by atoms with E-state index >= 15 is 0 Å². The van der Waals surface area contributed by atoms with Gasteiger partial charge in [-0.1, -0.05) is 32.6 Å². The summed E-state index contributed by atoms with van der Waals surface area (Å²) < 4.78 is 92.6. The monoisotopic (exact) mass is 320 g/mol. The molecule has 2 fully saturated rings. The molecule has 2 rings (SSSR count). The molecular formula is C14H19F7. The van der Waals surface area contributed by atoms with Crippen molar-refractivity contribution in [1.82, 2.24) is 0 Å². The van der Waals surface area contributed by atoms with Crippen molar-refractivity contribution >= 4 is 0 Å². The second-order valence-corrected chi connectivity index (χ2v) is 6.50. The smallest absolute Gasteiger partial charge is 0.223 e. The first-order valence-corrected chi connectivity index (χ1v) is 7.32. The van der Waals surface area contributed by atoms with Crippen LogP contribution in [0.25, 0.3) is 0 Å². The molecule has 0 aromatic rings. The van der Waals surface area contributed by atoms with Crippen LogP contribution in [0, 0.1) is 23.7 Å². The Morgan fingerprint density at radius 3 is 1.76 bits per heavy atom. The van der Waals surface area contributed by atoms with Crippen molar-refractivity contribution in [3.8, 4) is 0 Å². The van der Waals surface area contributed by atoms with E-state index in [1.165, 1.54) is 6.92 Å². The summed E-state index contributed by atoms with van der Waals surface area (Å²) in [6.45, 7) is 1.32. The second kappa shape index (κ2) is 5.30. The lowest BCUT2D eigenvalue weighted by atomic mass is 9.57. The standard InChI is InChI=1S/C14H19F7/c1-8-6-7-9-4-2-3-5-10(9)11(8)12(15,13(16,17)18)14(19,20)21/h8-11H,2-7H2,1H3. The predicted octanol–water partition coefficient (Wildman–Crippen LogP) is 5.67. The van der Waals surface area contributed by atoms with Crippen molar-refractivity contribution in [2.24, 2.45) is 23.7 Å². The van der Waals surface area contributed by atoms with E-state index in [0.29, 0.717) is 19.3 Å². The highest BCUT2D eigenvalue weighted by molar-refractivity contribution is 5.06. The molecule has 0 spiro atoms. The van der Waals surface area contributed by atoms with E-state index in [-0.39, 0.29) is 18.8 Å². The zero-order chi connectivity index (χ0) is 16.1. The zero-order valence-electron chi connectivity index (χ0n) is 11.7. The Morgan fingerprint density at radius 2 is 1.24 bits per heavy atom. The largest absolute Gasteiger partial charge is 0.431 e. The fraction of sp³-hybridized carbons (Fsp3) is 1.00. The summed E-state index contributed by atoms with van der Waals surface area (Å²) >= 11 is 0. The molecule has 0 aromatic heterocycles. The van der Waals surface area contributed by atoms with Gasteiger partial charge in [-0.15, -0.1) is 0 Å². The molecule has 0 bridgehead atoms. The van der Waals surface area contributed by atoms with Crippen LogP contribution in [0.15, 0.2) is 0 Å². The maximum atomic E-state index is 14.5. The molecule has 0 amide bonds. The third kappa shape index (κ3) is 2.65. The molecule has 0 N–H and O–H groups in total. The topological polar surface area (TPSA) is 0 Å². The average Bonchev–Trinajstić information content (AvgIpc) is 2.35. The first-order valence-electron chi connectivity index (χ1n) is 7.32. The summed E-state index contributed by atoms with van der Waals surface area (Å²) in [5, 5.41) is 0. The van der Waals surface area contributed by atoms with Crippen LogP contribution < -0.4 is 0 Å². The van der Waals surface area contributed by atoms with Gasteiger partial charge in [0.25, 0.3) is 0 Å². The van der Waals surface area contributed by atoms with Gasteiger partial charge in [0.1, 0.15) is 0 Å². The van der Waals surface area contributed by atoms with Crippen molar-refractivity contribution in [1.29, 1.82) is 0 Å². The van der Waals surface area contributed by atoms with E-state index in [0.717, 1.165) is 6.42 Å². The molecule has 124 valence electrons. The molecule has 4 atom stereocenters. The minimum absolute atomic E-state index is 0.209. The Balaban J connectivity index is 2.46. The van der Waals surface area contributed by atoms with Crippen LogP contribution in [-0.2, 0) is 0 Å². The molecule has 2 saturated carbocycles. The van der Waals surface area contributed by atoms with E-state index in [4.69, 9.17) is 0 Å². The third-order valence-corrected chi connectivity index (χ3v) is 5.32. The molecule has 2 aliphatic rings. The van der Waals surface area contributed by atoms with Crippen LogP contribution in [0.4, 0.5) is 30.7 Å². The highest BCUT2D eigenvalue weighted by Crippen LogP contribution is 2.60. The Morgan fingerprint density at radius 1 is 0.714 bits per heavy atom. The molecule has 0 nitrogen and oxygen atoms in total. The first kappa shape index (κ1) is 16.9. The molecular weight excluding hydrogens is 301 g/mol. The molecule has 0 aromatic carbocycles. The van der Waals surface area contributed by atoms with Crippen molar-refractivity contribution in [2.45, 2.75) is 63.5 Å². The summed E-state index contributed by atoms with van der Waals surface area (Å²) in [7, 11) is 0. The highest BCUT2D eigenvalue weighted by Gasteiger charge is 2.77. The second-order valence-electron chi connectivity index (χ2n) is 6.50. The minimum atomic E-state index is -5.93. The van der Waals surface area contributed by atoms with Gasteiger partial charge < -0.3 is 0 Å². The summed E-state index contributed by atoms with van der Waals surface area (Å²) in [5.74, 6) is -3.97. The number of alkyl halides is 7. The average molecular weight is 320 g/mol. The lowest BCUT2D eigenvalue weighted by Gasteiger charge is -2.50. The van der Waals surface area contributed by atoms with Crippen LogP contribution in [0.3, 0.4) is 0 Å². The molecule has 7 heteroatoms. The maximum absolute atomic E-state index is 14.5. The Kier molecular flexibility index (Phi) is 4.26. The first-order chi connectivity index (χ1) is 9.50. The van der Waals surface area contributed by atoms with E-state index in [2.05, 4.69) is 0 Å². The van der Waals surface area contributed by atoms with Crippen LogP contribution in [0.1, 0.15) is 45.4 Å². The van der Waals surface area contributed by atoms with Gasteiger partial charge in [-0.2, -0.15) is 26.3 Å². The molecule has 4 unspecified atom stereocenters. The number of rotatable bonds is 1. The molecule has 0 radical (unpaired) electrons. The summed E-state index contributed by atoms with van der Waals surface area (Å²) in [5.41, 5.74) is -5.10. The Hall–Kier alpha value is -0.490. The number of halogens is 7. The van der Waals surface area contributed by atoms with Gasteiger partial charge in [0.05, 0.1) is 0 Å². The SMILES string of the molecule is CC1CCC2CCCCC2C1C(F)(C(F)(F)F)C(F)(F)F. The van der Waals surface area contributed by atoms with Crippen LogP contribution in [0.2, 0.25) is 0 Å². The van der Waals surface area contributed by atoms with E-state index < -0.39 is 35.8 Å². The number of hydrogen-bond donors (Lipinski definition) is 0. The molecule has 2 aliphatic carbocycles. The predicted molar refractivity (Wildman–Crippen MR) is 63.3 cm³/mol. The fourth-order valence-corrected chi connectivity index (χ4v) is 4.37. The Bertz CT molecular complexity index is 356. The van der Waals surface area contributed by atoms with Gasteiger partial charge in [-0.25, -0.2) is 4.39 Å². The van der Waals surface area contributed by atoms with Crippen LogP contribution >= 0.6 is 0 Å². The van der Waals surface area contributed by atoms with Crippen molar-refractivity contribution in [3.05, 3.63) is 0 Å². The summed E-state index contributed by atoms with van der Waals surface area (Å²) in [6.07, 6.45) is -8.77. The molecule has 0 heterocycles. The minimum Gasteiger partial charge on any atom is -0.223 e. The fourth-order valence-electron chi connectivity index (χ4n) is 4.37. The van der Waals surface area contributed by atoms with Crippen LogP contribution in [0.5, 0.6) is 0 Å². The van der Waals surface area contributed by atoms with Crippen molar-refractivity contribution < 1.29 is 30.7 Å². The molecule has 21 heavy (non-hydrogen) atoms. The normalized spacial score (nSPS) is 35.4. The lowest BCUT2D eigenvalue weighted by molar-refractivity contribution is -0.371. The molecule has 0 saturated heterocycles. The summed E-state index contributed by atoms with van der Waals surface area (Å²) in [4.78, 5) is 0. The number of hydrogen-bond acceptors (Lipinski definition) is 0. The van der Waals surface area contributed by atoms with Gasteiger partial charge in [-0.05, 0) is 30.6 Å². The zero-order valence-corrected chi connectivity index (χ0v) is 11.7. The van der Waals surface area contributed by atoms with Gasteiger partial charge in [-0.3, -0.25) is 0 Å². The third-order valence-electron chi connectivity index (χ3n) is 5.32. The van der Waals surface area contributed by atoms with E-state index in [9.17, 15) is 30.7 Å². The molecule has 0 aliphatic heterocycles.